The number of aromatic nitrogens is 1. The molecule has 144 valence electrons. The minimum Gasteiger partial charge on any atom is -0.384 e. The van der Waals surface area contributed by atoms with Crippen LogP contribution < -0.4 is 26.4 Å². The Morgan fingerprint density at radius 1 is 1.26 bits per heavy atom. The van der Waals surface area contributed by atoms with Crippen molar-refractivity contribution in [2.75, 3.05) is 21.2 Å². The number of hydrogen-bond acceptors (Lipinski definition) is 7. The zero-order valence-corrected chi connectivity index (χ0v) is 15.1. The van der Waals surface area contributed by atoms with Gasteiger partial charge in [0.1, 0.15) is 11.5 Å². The maximum atomic E-state index is 14.8. The monoisotopic (exact) mass is 396 g/mol. The van der Waals surface area contributed by atoms with Gasteiger partial charge in [-0.15, -0.1) is 5.53 Å². The van der Waals surface area contributed by atoms with Gasteiger partial charge in [-0.3, -0.25) is 9.73 Å². The largest absolute Gasteiger partial charge is 0.384 e. The van der Waals surface area contributed by atoms with Crippen LogP contribution in [0.4, 0.5) is 26.0 Å². The summed E-state index contributed by atoms with van der Waals surface area (Å²) in [5, 5.41) is 1.08. The molecule has 0 bridgehead atoms. The molecule has 27 heavy (non-hydrogen) atoms. The van der Waals surface area contributed by atoms with Gasteiger partial charge in [-0.2, -0.15) is 0 Å². The Hall–Kier alpha value is -2.92. The van der Waals surface area contributed by atoms with E-state index in [-0.39, 0.29) is 11.4 Å². The molecule has 1 aromatic heterocycles. The number of nitrogen functional groups attached to an aromatic ring is 1. The molecule has 0 spiro atoms. The molecule has 0 saturated carbocycles. The average Bonchev–Trinajstić information content (AvgIpc) is 3.08. The van der Waals surface area contributed by atoms with E-state index in [0.29, 0.717) is 23.5 Å². The van der Waals surface area contributed by atoms with Crippen LogP contribution in [-0.4, -0.2) is 19.2 Å². The molecule has 2 heterocycles. The van der Waals surface area contributed by atoms with Crippen LogP contribution in [0.15, 0.2) is 36.7 Å². The zero-order chi connectivity index (χ0) is 19.6. The quantitative estimate of drug-likeness (QED) is 0.590. The standard InChI is InChI=1S/C16H18F2N6O2S/c1-2-7-27(25,26)22-12-5-4-11(17)16(15(12)18)24-9-13(21-23-24)10-3-6-14(19)20-8-10/h3-6,8-9,21-23H,2,7H2,1H3,(H2,19,20). The summed E-state index contributed by atoms with van der Waals surface area (Å²) in [6.07, 6.45) is 3.28. The van der Waals surface area contributed by atoms with Gasteiger partial charge in [-0.05, 0) is 30.7 Å². The van der Waals surface area contributed by atoms with Gasteiger partial charge in [0.2, 0.25) is 10.0 Å². The number of rotatable bonds is 6. The van der Waals surface area contributed by atoms with Crippen LogP contribution in [0, 0.1) is 11.6 Å². The molecule has 5 N–H and O–H groups in total. The van der Waals surface area contributed by atoms with Gasteiger partial charge in [-0.1, -0.05) is 6.92 Å². The molecule has 0 radical (unpaired) electrons. The van der Waals surface area contributed by atoms with E-state index in [0.717, 1.165) is 17.1 Å². The van der Waals surface area contributed by atoms with Gasteiger partial charge in [0.05, 0.1) is 17.1 Å². The first-order valence-corrected chi connectivity index (χ1v) is 9.69. The number of benzene rings is 1. The van der Waals surface area contributed by atoms with E-state index in [1.807, 2.05) is 0 Å². The maximum Gasteiger partial charge on any atom is 0.232 e. The lowest BCUT2D eigenvalue weighted by Gasteiger charge is -2.18. The van der Waals surface area contributed by atoms with Gasteiger partial charge in [0, 0.05) is 18.0 Å². The van der Waals surface area contributed by atoms with E-state index < -0.39 is 27.3 Å². The molecule has 1 aliphatic heterocycles. The van der Waals surface area contributed by atoms with Gasteiger partial charge in [0.25, 0.3) is 0 Å². The zero-order valence-electron chi connectivity index (χ0n) is 14.3. The summed E-state index contributed by atoms with van der Waals surface area (Å²) < 4.78 is 55.0. The predicted molar refractivity (Wildman–Crippen MR) is 99.4 cm³/mol. The number of nitrogens with one attached hydrogen (secondary N) is 3. The average molecular weight is 396 g/mol. The highest BCUT2D eigenvalue weighted by atomic mass is 32.2. The summed E-state index contributed by atoms with van der Waals surface area (Å²) in [6.45, 7) is 1.68. The van der Waals surface area contributed by atoms with Crippen molar-refractivity contribution in [3.8, 4) is 0 Å². The topological polar surface area (TPSA) is 112 Å². The van der Waals surface area contributed by atoms with Crippen molar-refractivity contribution < 1.29 is 17.2 Å². The molecule has 0 aliphatic carbocycles. The number of hydrogen-bond donors (Lipinski definition) is 4. The van der Waals surface area contributed by atoms with Gasteiger partial charge in [-0.25, -0.2) is 22.2 Å². The fourth-order valence-electron chi connectivity index (χ4n) is 2.47. The third kappa shape index (κ3) is 4.09. The molecule has 0 fully saturated rings. The lowest BCUT2D eigenvalue weighted by atomic mass is 10.2. The Morgan fingerprint density at radius 3 is 2.70 bits per heavy atom. The summed E-state index contributed by atoms with van der Waals surface area (Å²) in [5.74, 6) is -1.74. The van der Waals surface area contributed by atoms with Crippen LogP contribution in [0.3, 0.4) is 0 Å². The molecule has 0 unspecified atom stereocenters. The first-order valence-electron chi connectivity index (χ1n) is 8.04. The summed E-state index contributed by atoms with van der Waals surface area (Å²) >= 11 is 0. The second-order valence-electron chi connectivity index (χ2n) is 5.80. The number of nitrogens with two attached hydrogens (primary N) is 1. The van der Waals surface area contributed by atoms with Gasteiger partial charge >= 0.3 is 0 Å². The van der Waals surface area contributed by atoms with Gasteiger partial charge < -0.3 is 11.2 Å². The Balaban J connectivity index is 1.93. The number of anilines is 3. The molecular weight excluding hydrogens is 378 g/mol. The van der Waals surface area contributed by atoms with Gasteiger partial charge in [0.15, 0.2) is 11.6 Å². The molecule has 0 atom stereocenters. The third-order valence-electron chi connectivity index (χ3n) is 3.71. The van der Waals surface area contributed by atoms with Crippen LogP contribution in [0.2, 0.25) is 0 Å². The number of halogens is 2. The lowest BCUT2D eigenvalue weighted by Crippen LogP contribution is -2.37. The normalized spacial score (nSPS) is 14.0. The molecule has 0 saturated heterocycles. The first kappa shape index (κ1) is 18.9. The van der Waals surface area contributed by atoms with E-state index in [1.165, 1.54) is 12.4 Å². The Bertz CT molecular complexity index is 979. The first-order chi connectivity index (χ1) is 12.8. The molecule has 1 aromatic carbocycles. The fourth-order valence-corrected chi connectivity index (χ4v) is 3.61. The molecule has 1 aliphatic rings. The minimum atomic E-state index is -3.72. The highest BCUT2D eigenvalue weighted by molar-refractivity contribution is 7.92. The second kappa shape index (κ2) is 7.37. The Kier molecular flexibility index (Phi) is 5.15. The Labute approximate surface area is 155 Å². The SMILES string of the molecule is CCCS(=O)(=O)Nc1ccc(F)c(N2C=C(c3ccc(N)nc3)NN2)c1F. The number of hydrazine groups is 2. The third-order valence-corrected chi connectivity index (χ3v) is 5.19. The Morgan fingerprint density at radius 2 is 2.04 bits per heavy atom. The van der Waals surface area contributed by atoms with Crippen molar-refractivity contribution in [3.63, 3.8) is 0 Å². The summed E-state index contributed by atoms with van der Waals surface area (Å²) in [5.41, 5.74) is 11.3. The lowest BCUT2D eigenvalue weighted by molar-refractivity contribution is 0.564. The molecule has 2 aromatic rings. The van der Waals surface area contributed by atoms with Crippen molar-refractivity contribution in [1.29, 1.82) is 0 Å². The molecule has 3 rings (SSSR count). The van der Waals surface area contributed by atoms with E-state index in [4.69, 9.17) is 5.73 Å². The summed E-state index contributed by atoms with van der Waals surface area (Å²) in [4.78, 5) is 3.95. The molecule has 8 nitrogen and oxygen atoms in total. The van der Waals surface area contributed by atoms with E-state index in [2.05, 4.69) is 20.7 Å². The van der Waals surface area contributed by atoms with Crippen LogP contribution in [0.5, 0.6) is 0 Å². The van der Waals surface area contributed by atoms with E-state index in [1.54, 1.807) is 19.1 Å². The smallest absolute Gasteiger partial charge is 0.232 e. The van der Waals surface area contributed by atoms with Crippen molar-refractivity contribution in [2.24, 2.45) is 0 Å². The fraction of sp³-hybridized carbons (Fsp3) is 0.188. The van der Waals surface area contributed by atoms with Crippen molar-refractivity contribution in [1.82, 2.24) is 15.9 Å². The second-order valence-corrected chi connectivity index (χ2v) is 7.64. The molecule has 11 heteroatoms. The minimum absolute atomic E-state index is 0.170. The summed E-state index contributed by atoms with van der Waals surface area (Å²) in [7, 11) is -3.72. The van der Waals surface area contributed by atoms with Crippen LogP contribution in [0.25, 0.3) is 5.70 Å². The van der Waals surface area contributed by atoms with Crippen molar-refractivity contribution in [2.45, 2.75) is 13.3 Å². The highest BCUT2D eigenvalue weighted by Crippen LogP contribution is 2.31. The number of sulfonamides is 1. The molecular formula is C16H18F2N6O2S. The van der Waals surface area contributed by atoms with Crippen molar-refractivity contribution >= 4 is 32.9 Å². The number of pyridine rings is 1. The number of nitrogens with zero attached hydrogens (tertiary/aromatic N) is 2. The molecule has 0 amide bonds. The van der Waals surface area contributed by atoms with E-state index in [9.17, 15) is 17.2 Å². The van der Waals surface area contributed by atoms with E-state index >= 15 is 0 Å². The maximum absolute atomic E-state index is 14.8. The van der Waals surface area contributed by atoms with Crippen LogP contribution >= 0.6 is 0 Å². The van der Waals surface area contributed by atoms with Crippen LogP contribution in [0.1, 0.15) is 18.9 Å². The van der Waals surface area contributed by atoms with Crippen molar-refractivity contribution in [3.05, 3.63) is 53.9 Å². The highest BCUT2D eigenvalue weighted by Gasteiger charge is 2.24. The van der Waals surface area contributed by atoms with Crippen LogP contribution in [-0.2, 0) is 10.0 Å². The predicted octanol–water partition coefficient (Wildman–Crippen LogP) is 1.92. The summed E-state index contributed by atoms with van der Waals surface area (Å²) in [6, 6.07) is 5.30.